The first-order valence-electron chi connectivity index (χ1n) is 8.49. The molecule has 0 fully saturated rings. The number of benzene rings is 1. The Bertz CT molecular complexity index is 1030. The van der Waals surface area contributed by atoms with Gasteiger partial charge in [-0.2, -0.15) is 0 Å². The maximum absolute atomic E-state index is 12.2. The van der Waals surface area contributed by atoms with Crippen LogP contribution in [0.4, 0.5) is 0 Å². The highest BCUT2D eigenvalue weighted by Gasteiger charge is 2.31. The number of nitrogens with one attached hydrogen (secondary N) is 1. The Morgan fingerprint density at radius 1 is 1.04 bits per heavy atom. The van der Waals surface area contributed by atoms with Crippen LogP contribution in [0.5, 0.6) is 0 Å². The van der Waals surface area contributed by atoms with E-state index in [-0.39, 0.29) is 11.3 Å². The maximum atomic E-state index is 12.2. The molecule has 3 N–H and O–H groups in total. The molecule has 6 nitrogen and oxygen atoms in total. The number of carbonyl (C=O) groups excluding carboxylic acids is 2. The molecular formula is C20H18N4O2. The van der Waals surface area contributed by atoms with Crippen molar-refractivity contribution in [2.45, 2.75) is 19.4 Å². The van der Waals surface area contributed by atoms with Crippen molar-refractivity contribution in [3.05, 3.63) is 71.8 Å². The van der Waals surface area contributed by atoms with Crippen LogP contribution in [0.3, 0.4) is 0 Å². The number of hydrogen-bond donors (Lipinski definition) is 2. The molecule has 26 heavy (non-hydrogen) atoms. The maximum Gasteiger partial charge on any atom is 0.274 e. The fraction of sp³-hybridized carbons (Fsp3) is 0.150. The van der Waals surface area contributed by atoms with E-state index in [0.29, 0.717) is 5.56 Å². The average molecular weight is 346 g/mol. The predicted molar refractivity (Wildman–Crippen MR) is 98.8 cm³/mol. The van der Waals surface area contributed by atoms with Crippen molar-refractivity contribution in [2.75, 3.05) is 0 Å². The molecular weight excluding hydrogens is 328 g/mol. The van der Waals surface area contributed by atoms with Crippen molar-refractivity contribution in [3.8, 4) is 0 Å². The Labute approximate surface area is 150 Å². The number of carbonyl (C=O) groups is 2. The Morgan fingerprint density at radius 2 is 1.85 bits per heavy atom. The van der Waals surface area contributed by atoms with Gasteiger partial charge in [0, 0.05) is 41.1 Å². The van der Waals surface area contributed by atoms with Gasteiger partial charge in [0.1, 0.15) is 5.70 Å². The number of hydrogen-bond acceptors (Lipinski definition) is 4. The number of nitrogens with zero attached hydrogens (tertiary/aromatic N) is 2. The van der Waals surface area contributed by atoms with E-state index in [9.17, 15) is 9.59 Å². The molecule has 0 saturated heterocycles. The molecule has 3 aromatic rings. The number of fused-ring (bicyclic) bond motifs is 1. The van der Waals surface area contributed by atoms with Crippen molar-refractivity contribution in [3.63, 3.8) is 0 Å². The number of amides is 2. The van der Waals surface area contributed by atoms with E-state index < -0.39 is 11.8 Å². The molecule has 6 heteroatoms. The van der Waals surface area contributed by atoms with Gasteiger partial charge in [0.15, 0.2) is 0 Å². The standard InChI is InChI=1S/C20H18N4O2/c21-18-17(19(25)23-20(18)26)15-12-24(16-9-2-1-8-14(15)16)11-5-7-13-6-3-4-10-22-13/h1-4,6,8-10,12H,5,7,11H2,(H3,21,23,25,26). The van der Waals surface area contributed by atoms with Crippen LogP contribution in [0.1, 0.15) is 17.7 Å². The number of aryl methyl sites for hydroxylation is 2. The third-order valence-corrected chi connectivity index (χ3v) is 4.58. The molecule has 1 aliphatic heterocycles. The second-order valence-electron chi connectivity index (χ2n) is 6.25. The van der Waals surface area contributed by atoms with Gasteiger partial charge in [-0.05, 0) is 31.0 Å². The lowest BCUT2D eigenvalue weighted by Gasteiger charge is -2.05. The average Bonchev–Trinajstić information content (AvgIpc) is 3.13. The molecule has 0 saturated carbocycles. The quantitative estimate of drug-likeness (QED) is 0.692. The minimum Gasteiger partial charge on any atom is -0.394 e. The highest BCUT2D eigenvalue weighted by atomic mass is 16.2. The monoisotopic (exact) mass is 346 g/mol. The van der Waals surface area contributed by atoms with Crippen LogP contribution in [0.25, 0.3) is 16.5 Å². The number of nitrogens with two attached hydrogens (primary N) is 1. The van der Waals surface area contributed by atoms with Gasteiger partial charge in [-0.3, -0.25) is 19.9 Å². The topological polar surface area (TPSA) is 90.0 Å². The molecule has 0 atom stereocenters. The van der Waals surface area contributed by atoms with Crippen molar-refractivity contribution in [1.29, 1.82) is 0 Å². The first-order valence-corrected chi connectivity index (χ1v) is 8.49. The molecule has 0 unspecified atom stereocenters. The van der Waals surface area contributed by atoms with Crippen molar-refractivity contribution < 1.29 is 9.59 Å². The van der Waals surface area contributed by atoms with E-state index in [2.05, 4.69) is 14.9 Å². The third-order valence-electron chi connectivity index (χ3n) is 4.58. The van der Waals surface area contributed by atoms with Gasteiger partial charge in [-0.25, -0.2) is 0 Å². The number of imide groups is 1. The lowest BCUT2D eigenvalue weighted by Crippen LogP contribution is -2.24. The van der Waals surface area contributed by atoms with Crippen LogP contribution >= 0.6 is 0 Å². The van der Waals surface area contributed by atoms with Gasteiger partial charge in [-0.1, -0.05) is 24.3 Å². The summed E-state index contributed by atoms with van der Waals surface area (Å²) in [7, 11) is 0. The van der Waals surface area contributed by atoms with Crippen molar-refractivity contribution >= 4 is 28.3 Å². The summed E-state index contributed by atoms with van der Waals surface area (Å²) in [5.74, 6) is -0.971. The summed E-state index contributed by atoms with van der Waals surface area (Å²) in [6.07, 6.45) is 5.48. The Balaban J connectivity index is 1.67. The van der Waals surface area contributed by atoms with Crippen LogP contribution in [0, 0.1) is 0 Å². The predicted octanol–water partition coefficient (Wildman–Crippen LogP) is 2.00. The smallest absolute Gasteiger partial charge is 0.274 e. The summed E-state index contributed by atoms with van der Waals surface area (Å²) in [5.41, 5.74) is 8.84. The molecule has 2 aromatic heterocycles. The SMILES string of the molecule is NC1=C(c2cn(CCCc3ccccn3)c3ccccc23)C(=O)NC1=O. The van der Waals surface area contributed by atoms with Crippen LogP contribution in [-0.4, -0.2) is 21.4 Å². The second kappa shape index (κ2) is 6.48. The van der Waals surface area contributed by atoms with Gasteiger partial charge in [0.2, 0.25) is 0 Å². The van der Waals surface area contributed by atoms with E-state index >= 15 is 0 Å². The second-order valence-corrected chi connectivity index (χ2v) is 6.25. The molecule has 1 aliphatic rings. The Hall–Kier alpha value is -3.41. The molecule has 0 aliphatic carbocycles. The minimum atomic E-state index is -0.531. The zero-order valence-electron chi connectivity index (χ0n) is 14.1. The van der Waals surface area contributed by atoms with E-state index in [1.807, 2.05) is 48.7 Å². The lowest BCUT2D eigenvalue weighted by molar-refractivity contribution is -0.123. The highest BCUT2D eigenvalue weighted by molar-refractivity contribution is 6.37. The van der Waals surface area contributed by atoms with Gasteiger partial charge in [-0.15, -0.1) is 0 Å². The summed E-state index contributed by atoms with van der Waals surface area (Å²) >= 11 is 0. The number of pyridine rings is 1. The third kappa shape index (κ3) is 2.75. The number of rotatable bonds is 5. The molecule has 0 radical (unpaired) electrons. The number of para-hydroxylation sites is 1. The molecule has 0 spiro atoms. The zero-order chi connectivity index (χ0) is 18.1. The molecule has 2 amide bonds. The molecule has 1 aromatic carbocycles. The summed E-state index contributed by atoms with van der Waals surface area (Å²) in [6.45, 7) is 0.778. The summed E-state index contributed by atoms with van der Waals surface area (Å²) < 4.78 is 2.10. The van der Waals surface area contributed by atoms with E-state index in [1.165, 1.54) is 0 Å². The number of aromatic nitrogens is 2. The lowest BCUT2D eigenvalue weighted by atomic mass is 10.0. The van der Waals surface area contributed by atoms with Crippen LogP contribution in [-0.2, 0) is 22.6 Å². The highest BCUT2D eigenvalue weighted by Crippen LogP contribution is 2.30. The summed E-state index contributed by atoms with van der Waals surface area (Å²) in [6, 6.07) is 13.7. The van der Waals surface area contributed by atoms with Gasteiger partial charge >= 0.3 is 0 Å². The molecule has 130 valence electrons. The van der Waals surface area contributed by atoms with Crippen molar-refractivity contribution in [2.24, 2.45) is 5.73 Å². The van der Waals surface area contributed by atoms with E-state index in [1.54, 1.807) is 6.20 Å². The van der Waals surface area contributed by atoms with Crippen LogP contribution < -0.4 is 11.1 Å². The fourth-order valence-corrected chi connectivity index (χ4v) is 3.34. The van der Waals surface area contributed by atoms with Gasteiger partial charge in [0.25, 0.3) is 11.8 Å². The summed E-state index contributed by atoms with van der Waals surface area (Å²) in [4.78, 5) is 28.2. The summed E-state index contributed by atoms with van der Waals surface area (Å²) in [5, 5.41) is 3.17. The van der Waals surface area contributed by atoms with Crippen LogP contribution in [0.2, 0.25) is 0 Å². The molecule has 4 rings (SSSR count). The van der Waals surface area contributed by atoms with Gasteiger partial charge in [0.05, 0.1) is 5.57 Å². The molecule has 0 bridgehead atoms. The van der Waals surface area contributed by atoms with Gasteiger partial charge < -0.3 is 10.3 Å². The first-order chi connectivity index (χ1) is 12.6. The first kappa shape index (κ1) is 16.1. The molecule has 3 heterocycles. The minimum absolute atomic E-state index is 0.0219. The largest absolute Gasteiger partial charge is 0.394 e. The van der Waals surface area contributed by atoms with E-state index in [4.69, 9.17) is 5.73 Å². The Morgan fingerprint density at radius 3 is 2.58 bits per heavy atom. The fourth-order valence-electron chi connectivity index (χ4n) is 3.34. The van der Waals surface area contributed by atoms with Crippen LogP contribution in [0.15, 0.2) is 60.6 Å². The Kier molecular flexibility index (Phi) is 4.01. The van der Waals surface area contributed by atoms with E-state index in [0.717, 1.165) is 36.0 Å². The normalized spacial score (nSPS) is 14.3. The zero-order valence-corrected chi connectivity index (χ0v) is 14.1. The van der Waals surface area contributed by atoms with Crippen molar-refractivity contribution in [1.82, 2.24) is 14.9 Å².